The maximum atomic E-state index is 12.4. The lowest BCUT2D eigenvalue weighted by molar-refractivity contribution is 0.284. The summed E-state index contributed by atoms with van der Waals surface area (Å²) in [5.41, 5.74) is 3.74. The third kappa shape index (κ3) is 8.41. The van der Waals surface area contributed by atoms with E-state index < -0.39 is 96.2 Å². The molecular formula is C24H19Cl2N5O13S4. The average molecular weight is 785 g/mol. The van der Waals surface area contributed by atoms with Crippen LogP contribution in [0.3, 0.4) is 0 Å². The topological polar surface area (TPSA) is 302 Å². The van der Waals surface area contributed by atoms with Gasteiger partial charge in [0.15, 0.2) is 15.6 Å². The van der Waals surface area contributed by atoms with Crippen molar-refractivity contribution in [3.05, 3.63) is 64.6 Å². The van der Waals surface area contributed by atoms with Gasteiger partial charge in [-0.2, -0.15) is 30.4 Å². The third-order valence-corrected chi connectivity index (χ3v) is 10.8. The Bertz CT molecular complexity index is 2460. The predicted molar refractivity (Wildman–Crippen MR) is 170 cm³/mol. The Morgan fingerprint density at radius 1 is 0.750 bits per heavy atom. The number of phenols is 1. The minimum atomic E-state index is -5.21. The molecule has 0 aromatic heterocycles. The first-order valence-electron chi connectivity index (χ1n) is 12.4. The highest BCUT2D eigenvalue weighted by molar-refractivity contribution is 7.91. The number of nitrogens with zero attached hydrogens (tertiary/aromatic N) is 4. The molecule has 18 nitrogen and oxygen atoms in total. The number of rotatable bonds is 11. The van der Waals surface area contributed by atoms with Gasteiger partial charge in [-0.3, -0.25) is 13.7 Å². The van der Waals surface area contributed by atoms with Gasteiger partial charge in [-0.1, -0.05) is 29.3 Å². The SMILES string of the molecule is Nc1c(N=Nc2cccc(Cl)c2Cl)c(S(=O)(=O)O)cc2cc(S(=O)(=O)O)c(N=Nc3ccc(S(=O)(=O)CCOS(=O)(=O)O)cc3)c(O)c12. The lowest BCUT2D eigenvalue weighted by Gasteiger charge is -2.14. The molecule has 4 rings (SSSR count). The lowest BCUT2D eigenvalue weighted by Crippen LogP contribution is -2.15. The van der Waals surface area contributed by atoms with Crippen molar-refractivity contribution >= 4 is 103 Å². The number of fused-ring (bicyclic) bond motifs is 1. The molecule has 0 unspecified atom stereocenters. The van der Waals surface area contributed by atoms with E-state index in [1.54, 1.807) is 0 Å². The normalized spacial score (nSPS) is 13.2. The van der Waals surface area contributed by atoms with Gasteiger partial charge in [0, 0.05) is 0 Å². The zero-order chi connectivity index (χ0) is 35.8. The van der Waals surface area contributed by atoms with E-state index in [1.807, 2.05) is 0 Å². The summed E-state index contributed by atoms with van der Waals surface area (Å²) in [6.45, 7) is -0.880. The Hall–Kier alpha value is -3.84. The van der Waals surface area contributed by atoms with Crippen LogP contribution in [0, 0.1) is 0 Å². The molecule has 0 atom stereocenters. The number of halogens is 2. The molecule has 0 bridgehead atoms. The molecule has 4 aromatic carbocycles. The molecule has 0 heterocycles. The van der Waals surface area contributed by atoms with Crippen molar-refractivity contribution in [2.75, 3.05) is 18.1 Å². The van der Waals surface area contributed by atoms with E-state index >= 15 is 0 Å². The quantitative estimate of drug-likeness (QED) is 0.0727. The fourth-order valence-electron chi connectivity index (χ4n) is 3.97. The molecule has 48 heavy (non-hydrogen) atoms. The molecule has 0 spiro atoms. The first-order valence-corrected chi connectivity index (χ1v) is 19.0. The van der Waals surface area contributed by atoms with E-state index in [1.165, 1.54) is 18.2 Å². The average Bonchev–Trinajstić information content (AvgIpc) is 2.96. The highest BCUT2D eigenvalue weighted by Crippen LogP contribution is 2.48. The fraction of sp³-hybridized carbons (Fsp3) is 0.0833. The molecule has 24 heteroatoms. The lowest BCUT2D eigenvalue weighted by atomic mass is 10.1. The molecule has 0 aliphatic carbocycles. The predicted octanol–water partition coefficient (Wildman–Crippen LogP) is 5.35. The van der Waals surface area contributed by atoms with Crippen molar-refractivity contribution in [1.82, 2.24) is 0 Å². The van der Waals surface area contributed by atoms with Crippen LogP contribution in [-0.4, -0.2) is 64.8 Å². The van der Waals surface area contributed by atoms with Gasteiger partial charge in [0.05, 0.1) is 44.1 Å². The number of anilines is 1. The van der Waals surface area contributed by atoms with E-state index in [-0.39, 0.29) is 26.3 Å². The number of benzene rings is 4. The molecular weight excluding hydrogens is 765 g/mol. The Morgan fingerprint density at radius 2 is 1.31 bits per heavy atom. The van der Waals surface area contributed by atoms with E-state index in [9.17, 15) is 47.9 Å². The van der Waals surface area contributed by atoms with Gasteiger partial charge in [-0.25, -0.2) is 12.6 Å². The van der Waals surface area contributed by atoms with Crippen LogP contribution in [0.4, 0.5) is 28.4 Å². The van der Waals surface area contributed by atoms with Gasteiger partial charge in [-0.05, 0) is 53.9 Å². The van der Waals surface area contributed by atoms with Gasteiger partial charge < -0.3 is 10.8 Å². The van der Waals surface area contributed by atoms with Crippen LogP contribution in [0.15, 0.2) is 89.7 Å². The number of sulfone groups is 1. The van der Waals surface area contributed by atoms with Crippen molar-refractivity contribution in [2.24, 2.45) is 20.5 Å². The zero-order valence-electron chi connectivity index (χ0n) is 23.3. The third-order valence-electron chi connectivity index (χ3n) is 6.10. The molecule has 0 fully saturated rings. The van der Waals surface area contributed by atoms with Crippen molar-refractivity contribution < 1.29 is 56.6 Å². The Morgan fingerprint density at radius 3 is 1.88 bits per heavy atom. The zero-order valence-corrected chi connectivity index (χ0v) is 28.1. The van der Waals surface area contributed by atoms with Gasteiger partial charge in [-0.15, -0.1) is 15.3 Å². The summed E-state index contributed by atoms with van der Waals surface area (Å²) in [5.74, 6) is -1.87. The van der Waals surface area contributed by atoms with Gasteiger partial charge in [0.1, 0.15) is 26.9 Å². The van der Waals surface area contributed by atoms with Crippen LogP contribution < -0.4 is 5.73 Å². The Labute approximate surface area is 281 Å². The van der Waals surface area contributed by atoms with Crippen LogP contribution in [0.2, 0.25) is 10.0 Å². The van der Waals surface area contributed by atoms with Crippen LogP contribution >= 0.6 is 23.2 Å². The number of nitrogens with two attached hydrogens (primary N) is 1. The summed E-state index contributed by atoms with van der Waals surface area (Å²) in [6.07, 6.45) is 0. The van der Waals surface area contributed by atoms with Crippen molar-refractivity contribution in [3.63, 3.8) is 0 Å². The second-order valence-corrected chi connectivity index (χ2v) is 16.1. The Kier molecular flexibility index (Phi) is 10.5. The molecule has 0 aliphatic heterocycles. The number of nitrogen functional groups attached to an aromatic ring is 1. The van der Waals surface area contributed by atoms with Crippen molar-refractivity contribution in [2.45, 2.75) is 14.7 Å². The smallest absolute Gasteiger partial charge is 0.397 e. The van der Waals surface area contributed by atoms with Gasteiger partial charge in [0.25, 0.3) is 20.2 Å². The number of aromatic hydroxyl groups is 1. The summed E-state index contributed by atoms with van der Waals surface area (Å²) in [4.78, 5) is -2.37. The van der Waals surface area contributed by atoms with Crippen LogP contribution in [0.25, 0.3) is 10.8 Å². The monoisotopic (exact) mass is 783 g/mol. The first kappa shape index (κ1) is 37.0. The summed E-state index contributed by atoms with van der Waals surface area (Å²) < 4.78 is 128. The van der Waals surface area contributed by atoms with Crippen molar-refractivity contribution in [1.29, 1.82) is 0 Å². The minimum Gasteiger partial charge on any atom is -0.505 e. The molecule has 0 radical (unpaired) electrons. The molecule has 4 aromatic rings. The Balaban J connectivity index is 1.84. The number of phenolic OH excluding ortho intramolecular Hbond substituents is 1. The summed E-state index contributed by atoms with van der Waals surface area (Å²) in [5, 5.41) is 25.3. The van der Waals surface area contributed by atoms with E-state index in [0.717, 1.165) is 24.3 Å². The second-order valence-electron chi connectivity index (χ2n) is 9.29. The number of azo groups is 2. The summed E-state index contributed by atoms with van der Waals surface area (Å²) in [7, 11) is -19.3. The highest BCUT2D eigenvalue weighted by Gasteiger charge is 2.28. The number of hydrogen-bond acceptors (Lipinski definition) is 15. The van der Waals surface area contributed by atoms with Gasteiger partial charge in [0.2, 0.25) is 0 Å². The summed E-state index contributed by atoms with van der Waals surface area (Å²) >= 11 is 12.0. The van der Waals surface area contributed by atoms with Crippen LogP contribution in [-0.2, 0) is 44.7 Å². The standard InChI is InChI=1S/C24H19Cl2N5O13S4/c25-15-2-1-3-16(20(15)26)29-30-22-17(46(35,36)37)10-12-11-18(47(38,39)40)23(24(32)19(12)21(22)27)31-28-13-4-6-14(7-5-13)45(33,34)9-8-44-48(41,42)43/h1-7,10-11,32H,8-9,27H2,(H,35,36,37)(H,38,39,40)(H,41,42,43). The van der Waals surface area contributed by atoms with Gasteiger partial charge >= 0.3 is 10.4 Å². The molecule has 0 aliphatic rings. The maximum Gasteiger partial charge on any atom is 0.397 e. The largest absolute Gasteiger partial charge is 0.505 e. The van der Waals surface area contributed by atoms with Crippen molar-refractivity contribution in [3.8, 4) is 5.75 Å². The summed E-state index contributed by atoms with van der Waals surface area (Å²) in [6, 6.07) is 9.86. The second kappa shape index (κ2) is 13.6. The molecule has 256 valence electrons. The minimum absolute atomic E-state index is 0.0457. The molecule has 6 N–H and O–H groups in total. The van der Waals surface area contributed by atoms with E-state index in [4.69, 9.17) is 33.5 Å². The first-order chi connectivity index (χ1) is 22.1. The van der Waals surface area contributed by atoms with E-state index in [0.29, 0.717) is 12.1 Å². The molecule has 0 saturated carbocycles. The molecule has 0 saturated heterocycles. The van der Waals surface area contributed by atoms with E-state index in [2.05, 4.69) is 24.6 Å². The van der Waals surface area contributed by atoms with Crippen LogP contribution in [0.5, 0.6) is 5.75 Å². The van der Waals surface area contributed by atoms with Crippen LogP contribution in [0.1, 0.15) is 0 Å². The maximum absolute atomic E-state index is 12.4. The fourth-order valence-corrected chi connectivity index (χ4v) is 7.12. The molecule has 0 amide bonds. The highest BCUT2D eigenvalue weighted by atomic mass is 35.5. The number of hydrogen-bond donors (Lipinski definition) is 5.